The van der Waals surface area contributed by atoms with Gasteiger partial charge in [0, 0.05) is 26.2 Å². The second kappa shape index (κ2) is 5.82. The van der Waals surface area contributed by atoms with Gasteiger partial charge in [-0.3, -0.25) is 10.2 Å². The van der Waals surface area contributed by atoms with Crippen molar-refractivity contribution in [2.75, 3.05) is 32.4 Å². The summed E-state index contributed by atoms with van der Waals surface area (Å²) in [5, 5.41) is 0.0602. The number of nitrogens with one attached hydrogen (secondary N) is 1. The van der Waals surface area contributed by atoms with Crippen molar-refractivity contribution in [1.82, 2.24) is 15.2 Å². The van der Waals surface area contributed by atoms with Crippen molar-refractivity contribution >= 4 is 23.0 Å². The van der Waals surface area contributed by atoms with Gasteiger partial charge in [-0.05, 0) is 12.7 Å². The zero-order chi connectivity index (χ0) is 11.3. The van der Waals surface area contributed by atoms with Crippen molar-refractivity contribution in [3.63, 3.8) is 0 Å². The summed E-state index contributed by atoms with van der Waals surface area (Å²) in [6, 6.07) is -0.284. The third-order valence-electron chi connectivity index (χ3n) is 2.34. The largest absolute Gasteiger partial charge is 0.332 e. The Morgan fingerprint density at radius 1 is 1.20 bits per heavy atom. The van der Waals surface area contributed by atoms with E-state index in [1.807, 2.05) is 0 Å². The first-order valence-corrected chi connectivity index (χ1v) is 6.00. The first-order chi connectivity index (χ1) is 7.19. The second-order valence-corrected chi connectivity index (χ2v) is 4.00. The Balaban J connectivity index is 2.48. The Morgan fingerprint density at radius 3 is 2.40 bits per heavy atom. The Kier molecular flexibility index (Phi) is 4.70. The molecule has 0 saturated carbocycles. The van der Waals surface area contributed by atoms with Gasteiger partial charge in [0.05, 0.1) is 0 Å². The van der Waals surface area contributed by atoms with Gasteiger partial charge < -0.3 is 9.80 Å². The number of amides is 3. The van der Waals surface area contributed by atoms with Crippen LogP contribution in [0.15, 0.2) is 0 Å². The van der Waals surface area contributed by atoms with E-state index in [1.165, 1.54) is 11.8 Å². The molecule has 0 atom stereocenters. The molecule has 6 nitrogen and oxygen atoms in total. The lowest BCUT2D eigenvalue weighted by molar-refractivity contribution is 0.198. The summed E-state index contributed by atoms with van der Waals surface area (Å²) >= 11 is 1.20. The van der Waals surface area contributed by atoms with E-state index in [4.69, 9.17) is 5.84 Å². The Morgan fingerprint density at radius 2 is 1.80 bits per heavy atom. The Hall–Kier alpha value is -0.950. The topological polar surface area (TPSA) is 78.7 Å². The number of hydrogen-bond acceptors (Lipinski definition) is 4. The highest BCUT2D eigenvalue weighted by molar-refractivity contribution is 8.12. The maximum Gasteiger partial charge on any atom is 0.331 e. The van der Waals surface area contributed by atoms with Gasteiger partial charge in [0.15, 0.2) is 0 Å². The third kappa shape index (κ3) is 3.28. The average molecular weight is 232 g/mol. The summed E-state index contributed by atoms with van der Waals surface area (Å²) in [6.45, 7) is 2.46. The molecular formula is C8H16N4O2S. The van der Waals surface area contributed by atoms with Crippen LogP contribution in [0, 0.1) is 0 Å². The SMILES string of the molecule is CSC(=O)N1CCCN(C(=O)NN)CC1. The van der Waals surface area contributed by atoms with Crippen LogP contribution in [0.5, 0.6) is 0 Å². The monoisotopic (exact) mass is 232 g/mol. The van der Waals surface area contributed by atoms with Crippen LogP contribution in [0.25, 0.3) is 0 Å². The quantitative estimate of drug-likeness (QED) is 0.352. The van der Waals surface area contributed by atoms with Gasteiger partial charge in [-0.15, -0.1) is 0 Å². The van der Waals surface area contributed by atoms with Crippen LogP contribution in [0.3, 0.4) is 0 Å². The highest BCUT2D eigenvalue weighted by atomic mass is 32.2. The molecule has 0 aliphatic carbocycles. The summed E-state index contributed by atoms with van der Waals surface area (Å²) in [4.78, 5) is 26.0. The molecule has 0 bridgehead atoms. The van der Waals surface area contributed by atoms with Crippen LogP contribution in [0.4, 0.5) is 9.59 Å². The number of hydrogen-bond donors (Lipinski definition) is 2. The highest BCUT2D eigenvalue weighted by Crippen LogP contribution is 2.09. The lowest BCUT2D eigenvalue weighted by Crippen LogP contribution is -2.45. The average Bonchev–Trinajstić information content (AvgIpc) is 2.52. The molecule has 0 aromatic rings. The van der Waals surface area contributed by atoms with E-state index < -0.39 is 0 Å². The molecular weight excluding hydrogens is 216 g/mol. The molecule has 1 rings (SSSR count). The smallest absolute Gasteiger partial charge is 0.331 e. The van der Waals surface area contributed by atoms with E-state index in [-0.39, 0.29) is 11.3 Å². The molecule has 0 aromatic carbocycles. The summed E-state index contributed by atoms with van der Waals surface area (Å²) in [7, 11) is 0. The summed E-state index contributed by atoms with van der Waals surface area (Å²) in [5.74, 6) is 5.05. The zero-order valence-electron chi connectivity index (χ0n) is 8.73. The number of carbonyl (C=O) groups is 2. The van der Waals surface area contributed by atoms with Crippen LogP contribution in [-0.4, -0.2) is 53.5 Å². The molecule has 0 unspecified atom stereocenters. The van der Waals surface area contributed by atoms with Crippen LogP contribution < -0.4 is 11.3 Å². The van der Waals surface area contributed by atoms with Crippen LogP contribution >= 0.6 is 11.8 Å². The van der Waals surface area contributed by atoms with E-state index in [0.717, 1.165) is 6.42 Å². The molecule has 0 spiro atoms. The van der Waals surface area contributed by atoms with Crippen molar-refractivity contribution in [3.05, 3.63) is 0 Å². The van der Waals surface area contributed by atoms with Gasteiger partial charge in [0.1, 0.15) is 0 Å². The van der Waals surface area contributed by atoms with Crippen molar-refractivity contribution in [3.8, 4) is 0 Å². The number of urea groups is 1. The van der Waals surface area contributed by atoms with Crippen molar-refractivity contribution in [2.45, 2.75) is 6.42 Å². The van der Waals surface area contributed by atoms with Crippen molar-refractivity contribution < 1.29 is 9.59 Å². The standard InChI is InChI=1S/C8H16N4O2S/c1-15-8(14)12-4-2-3-11(5-6-12)7(13)10-9/h2-6,9H2,1H3,(H,10,13). The van der Waals surface area contributed by atoms with Crippen LogP contribution in [0.1, 0.15) is 6.42 Å². The number of nitrogens with zero attached hydrogens (tertiary/aromatic N) is 2. The molecule has 1 aliphatic rings. The van der Waals surface area contributed by atoms with E-state index in [2.05, 4.69) is 5.43 Å². The Labute approximate surface area is 93.1 Å². The summed E-state index contributed by atoms with van der Waals surface area (Å²) < 4.78 is 0. The minimum Gasteiger partial charge on any atom is -0.332 e. The first-order valence-electron chi connectivity index (χ1n) is 4.77. The second-order valence-electron chi connectivity index (χ2n) is 3.25. The minimum atomic E-state index is -0.284. The lowest BCUT2D eigenvalue weighted by atomic mass is 10.4. The van der Waals surface area contributed by atoms with E-state index >= 15 is 0 Å². The maximum atomic E-state index is 11.4. The normalized spacial score (nSPS) is 17.2. The molecule has 3 amide bonds. The van der Waals surface area contributed by atoms with Gasteiger partial charge >= 0.3 is 6.03 Å². The van der Waals surface area contributed by atoms with E-state index in [1.54, 1.807) is 16.1 Å². The van der Waals surface area contributed by atoms with Gasteiger partial charge in [-0.1, -0.05) is 11.8 Å². The summed E-state index contributed by atoms with van der Waals surface area (Å²) in [6.07, 6.45) is 2.55. The molecule has 1 saturated heterocycles. The van der Waals surface area contributed by atoms with Crippen molar-refractivity contribution in [1.29, 1.82) is 0 Å². The first kappa shape index (κ1) is 12.1. The molecule has 86 valence electrons. The maximum absolute atomic E-state index is 11.4. The fourth-order valence-corrected chi connectivity index (χ4v) is 1.96. The van der Waals surface area contributed by atoms with Gasteiger partial charge in [-0.2, -0.15) is 0 Å². The lowest BCUT2D eigenvalue weighted by Gasteiger charge is -2.20. The predicted molar refractivity (Wildman–Crippen MR) is 59.4 cm³/mol. The Bertz CT molecular complexity index is 225. The van der Waals surface area contributed by atoms with E-state index in [9.17, 15) is 9.59 Å². The van der Waals surface area contributed by atoms with Crippen molar-refractivity contribution in [2.24, 2.45) is 5.84 Å². The number of nitrogens with two attached hydrogens (primary N) is 1. The van der Waals surface area contributed by atoms with Crippen LogP contribution in [0.2, 0.25) is 0 Å². The zero-order valence-corrected chi connectivity index (χ0v) is 9.55. The number of hydrazine groups is 1. The molecule has 0 radical (unpaired) electrons. The van der Waals surface area contributed by atoms with Gasteiger partial charge in [-0.25, -0.2) is 10.6 Å². The van der Waals surface area contributed by atoms with Crippen LogP contribution in [-0.2, 0) is 0 Å². The molecule has 7 heteroatoms. The highest BCUT2D eigenvalue weighted by Gasteiger charge is 2.20. The number of thioether (sulfide) groups is 1. The molecule has 1 heterocycles. The fourth-order valence-electron chi connectivity index (χ4n) is 1.52. The molecule has 1 fully saturated rings. The minimum absolute atomic E-state index is 0.0602. The van der Waals surface area contributed by atoms with Gasteiger partial charge in [0.25, 0.3) is 5.24 Å². The van der Waals surface area contributed by atoms with Gasteiger partial charge in [0.2, 0.25) is 0 Å². The molecule has 3 N–H and O–H groups in total. The third-order valence-corrected chi connectivity index (χ3v) is 2.95. The predicted octanol–water partition coefficient (Wildman–Crippen LogP) is 0.0604. The molecule has 15 heavy (non-hydrogen) atoms. The van der Waals surface area contributed by atoms with E-state index in [0.29, 0.717) is 26.2 Å². The molecule has 0 aromatic heterocycles. The fraction of sp³-hybridized carbons (Fsp3) is 0.750. The number of carbonyl (C=O) groups excluding carboxylic acids is 2. The number of rotatable bonds is 0. The molecule has 1 aliphatic heterocycles. The summed E-state index contributed by atoms with van der Waals surface area (Å²) in [5.41, 5.74) is 2.10.